The summed E-state index contributed by atoms with van der Waals surface area (Å²) in [7, 11) is 1.60. The Morgan fingerprint density at radius 1 is 1.29 bits per heavy atom. The van der Waals surface area contributed by atoms with Crippen LogP contribution >= 0.6 is 0 Å². The molecule has 1 aliphatic rings. The monoisotopic (exact) mass is 378 g/mol. The van der Waals surface area contributed by atoms with Crippen LogP contribution in [0.1, 0.15) is 46.4 Å². The molecule has 1 unspecified atom stereocenters. The van der Waals surface area contributed by atoms with Crippen LogP contribution in [-0.2, 0) is 0 Å². The van der Waals surface area contributed by atoms with Crippen molar-refractivity contribution in [2.45, 2.75) is 32.7 Å². The normalized spacial score (nSPS) is 16.4. The van der Waals surface area contributed by atoms with Crippen molar-refractivity contribution in [2.75, 3.05) is 13.7 Å². The predicted molar refractivity (Wildman–Crippen MR) is 103 cm³/mol. The van der Waals surface area contributed by atoms with Gasteiger partial charge in [-0.15, -0.1) is 0 Å². The van der Waals surface area contributed by atoms with E-state index in [9.17, 15) is 4.79 Å². The van der Waals surface area contributed by atoms with Crippen LogP contribution in [0.4, 0.5) is 0 Å². The standard InChI is InChI=1S/C21H22N4O3/c1-13-19(14(2)28-24-13)20-22-10-9-17(23-20)18-8-5-11-25(18)21(26)15-6-4-7-16(12-15)27-3/h4,6-7,9-10,12,18H,5,8,11H2,1-3H3. The molecule has 0 spiro atoms. The van der Waals surface area contributed by atoms with E-state index in [1.807, 2.05) is 43.0 Å². The van der Waals surface area contributed by atoms with Crippen molar-refractivity contribution >= 4 is 5.91 Å². The quantitative estimate of drug-likeness (QED) is 0.688. The molecule has 1 aliphatic heterocycles. The molecule has 0 N–H and O–H groups in total. The fourth-order valence-corrected chi connectivity index (χ4v) is 3.72. The third-order valence-corrected chi connectivity index (χ3v) is 5.11. The summed E-state index contributed by atoms with van der Waals surface area (Å²) in [6.45, 7) is 4.42. The molecule has 0 aliphatic carbocycles. The molecule has 144 valence electrons. The van der Waals surface area contributed by atoms with Crippen LogP contribution in [0.15, 0.2) is 41.1 Å². The second-order valence-corrected chi connectivity index (χ2v) is 6.89. The van der Waals surface area contributed by atoms with Gasteiger partial charge >= 0.3 is 0 Å². The number of benzene rings is 1. The van der Waals surface area contributed by atoms with Crippen LogP contribution in [0.3, 0.4) is 0 Å². The van der Waals surface area contributed by atoms with E-state index >= 15 is 0 Å². The lowest BCUT2D eigenvalue weighted by Crippen LogP contribution is -2.31. The molecule has 3 heterocycles. The Bertz CT molecular complexity index is 995. The first kappa shape index (κ1) is 18.2. The van der Waals surface area contributed by atoms with Crippen molar-refractivity contribution in [2.24, 2.45) is 0 Å². The Morgan fingerprint density at radius 2 is 2.14 bits per heavy atom. The summed E-state index contributed by atoms with van der Waals surface area (Å²) in [4.78, 5) is 24.1. The van der Waals surface area contributed by atoms with E-state index in [0.29, 0.717) is 29.4 Å². The van der Waals surface area contributed by atoms with Crippen LogP contribution in [0.5, 0.6) is 5.75 Å². The number of aromatic nitrogens is 3. The lowest BCUT2D eigenvalue weighted by atomic mass is 10.1. The van der Waals surface area contributed by atoms with E-state index in [1.165, 1.54) is 0 Å². The van der Waals surface area contributed by atoms with E-state index in [0.717, 1.165) is 29.8 Å². The van der Waals surface area contributed by atoms with Gasteiger partial charge in [0.25, 0.3) is 5.91 Å². The number of ether oxygens (including phenoxy) is 1. The summed E-state index contributed by atoms with van der Waals surface area (Å²) >= 11 is 0. The Kier molecular flexibility index (Phi) is 4.81. The number of carbonyl (C=O) groups excluding carboxylic acids is 1. The van der Waals surface area contributed by atoms with Crippen molar-refractivity contribution < 1.29 is 14.1 Å². The van der Waals surface area contributed by atoms with Crippen LogP contribution in [0.25, 0.3) is 11.4 Å². The summed E-state index contributed by atoms with van der Waals surface area (Å²) < 4.78 is 10.5. The second-order valence-electron chi connectivity index (χ2n) is 6.89. The van der Waals surface area contributed by atoms with Gasteiger partial charge in [0.15, 0.2) is 5.82 Å². The highest BCUT2D eigenvalue weighted by molar-refractivity contribution is 5.95. The first-order valence-electron chi connectivity index (χ1n) is 9.29. The van der Waals surface area contributed by atoms with Crippen LogP contribution in [0, 0.1) is 13.8 Å². The van der Waals surface area contributed by atoms with Crippen molar-refractivity contribution in [1.82, 2.24) is 20.0 Å². The van der Waals surface area contributed by atoms with E-state index in [-0.39, 0.29) is 11.9 Å². The van der Waals surface area contributed by atoms with Crippen LogP contribution in [-0.4, -0.2) is 39.6 Å². The Balaban J connectivity index is 1.65. The van der Waals surface area contributed by atoms with Gasteiger partial charge in [0.05, 0.1) is 30.1 Å². The molecule has 2 aromatic heterocycles. The average molecular weight is 378 g/mol. The number of hydrogen-bond donors (Lipinski definition) is 0. The first-order valence-corrected chi connectivity index (χ1v) is 9.29. The minimum atomic E-state index is -0.0825. The van der Waals surface area contributed by atoms with Gasteiger partial charge in [0.1, 0.15) is 11.5 Å². The number of methoxy groups -OCH3 is 1. The summed E-state index contributed by atoms with van der Waals surface area (Å²) in [5.74, 6) is 1.92. The molecule has 0 radical (unpaired) electrons. The number of rotatable bonds is 4. The zero-order valence-corrected chi connectivity index (χ0v) is 16.2. The van der Waals surface area contributed by atoms with Gasteiger partial charge in [-0.25, -0.2) is 9.97 Å². The number of hydrogen-bond acceptors (Lipinski definition) is 6. The molecule has 3 aromatic rings. The molecule has 28 heavy (non-hydrogen) atoms. The molecule has 1 aromatic carbocycles. The highest BCUT2D eigenvalue weighted by Gasteiger charge is 2.32. The maximum absolute atomic E-state index is 13.1. The van der Waals surface area contributed by atoms with E-state index < -0.39 is 0 Å². The number of nitrogens with zero attached hydrogens (tertiary/aromatic N) is 4. The first-order chi connectivity index (χ1) is 13.6. The van der Waals surface area contributed by atoms with Gasteiger partial charge < -0.3 is 14.2 Å². The molecular formula is C21H22N4O3. The molecule has 1 atom stereocenters. The second kappa shape index (κ2) is 7.42. The zero-order valence-electron chi connectivity index (χ0n) is 16.2. The van der Waals surface area contributed by atoms with Gasteiger partial charge in [-0.05, 0) is 51.0 Å². The molecule has 7 nitrogen and oxygen atoms in total. The highest BCUT2D eigenvalue weighted by Crippen LogP contribution is 2.33. The number of amides is 1. The third kappa shape index (κ3) is 3.24. The zero-order chi connectivity index (χ0) is 19.7. The molecule has 1 fully saturated rings. The molecule has 7 heteroatoms. The summed E-state index contributed by atoms with van der Waals surface area (Å²) in [5, 5.41) is 3.99. The fraction of sp³-hybridized carbons (Fsp3) is 0.333. The van der Waals surface area contributed by atoms with Crippen molar-refractivity contribution in [3.8, 4) is 17.1 Å². The third-order valence-electron chi connectivity index (χ3n) is 5.11. The summed E-state index contributed by atoms with van der Waals surface area (Å²) in [6.07, 6.45) is 3.54. The predicted octanol–water partition coefficient (Wildman–Crippen LogP) is 3.73. The maximum atomic E-state index is 13.1. The lowest BCUT2D eigenvalue weighted by Gasteiger charge is -2.24. The average Bonchev–Trinajstić information content (AvgIpc) is 3.34. The highest BCUT2D eigenvalue weighted by atomic mass is 16.5. The minimum absolute atomic E-state index is 0.0149. The van der Waals surface area contributed by atoms with E-state index in [4.69, 9.17) is 14.2 Å². The van der Waals surface area contributed by atoms with Gasteiger partial charge in [-0.3, -0.25) is 4.79 Å². The maximum Gasteiger partial charge on any atom is 0.254 e. The van der Waals surface area contributed by atoms with E-state index in [1.54, 1.807) is 19.4 Å². The van der Waals surface area contributed by atoms with Gasteiger partial charge in [0, 0.05) is 18.3 Å². The van der Waals surface area contributed by atoms with Gasteiger partial charge in [0.2, 0.25) is 0 Å². The SMILES string of the molecule is COc1cccc(C(=O)N2CCCC2c2ccnc(-c3c(C)noc3C)n2)c1. The van der Waals surface area contributed by atoms with Crippen molar-refractivity contribution in [3.05, 3.63) is 59.2 Å². The smallest absolute Gasteiger partial charge is 0.254 e. The Morgan fingerprint density at radius 3 is 2.89 bits per heavy atom. The van der Waals surface area contributed by atoms with Crippen LogP contribution in [0.2, 0.25) is 0 Å². The minimum Gasteiger partial charge on any atom is -0.497 e. The fourth-order valence-electron chi connectivity index (χ4n) is 3.72. The summed E-state index contributed by atoms with van der Waals surface area (Å²) in [5.41, 5.74) is 3.01. The van der Waals surface area contributed by atoms with Crippen molar-refractivity contribution in [3.63, 3.8) is 0 Å². The van der Waals surface area contributed by atoms with Crippen LogP contribution < -0.4 is 4.74 Å². The Hall–Kier alpha value is -3.22. The van der Waals surface area contributed by atoms with Gasteiger partial charge in [-0.2, -0.15) is 0 Å². The molecule has 0 bridgehead atoms. The van der Waals surface area contributed by atoms with Crippen molar-refractivity contribution in [1.29, 1.82) is 0 Å². The molecule has 1 saturated heterocycles. The number of carbonyl (C=O) groups is 1. The summed E-state index contributed by atoms with van der Waals surface area (Å²) in [6, 6.07) is 9.04. The molecule has 4 rings (SSSR count). The topological polar surface area (TPSA) is 81.4 Å². The van der Waals surface area contributed by atoms with E-state index in [2.05, 4.69) is 10.1 Å². The Labute approximate surface area is 163 Å². The van der Waals surface area contributed by atoms with Gasteiger partial charge in [-0.1, -0.05) is 11.2 Å². The molecular weight excluding hydrogens is 356 g/mol. The number of likely N-dealkylation sites (tertiary alicyclic amines) is 1. The number of aryl methyl sites for hydroxylation is 2. The molecule has 1 amide bonds. The lowest BCUT2D eigenvalue weighted by molar-refractivity contribution is 0.0732. The largest absolute Gasteiger partial charge is 0.497 e. The molecule has 0 saturated carbocycles.